The first-order valence-electron chi connectivity index (χ1n) is 8.35. The average molecular weight is 266 g/mol. The second kappa shape index (κ2) is 6.13. The van der Waals surface area contributed by atoms with Crippen molar-refractivity contribution in [1.29, 1.82) is 0 Å². The largest absolute Gasteiger partial charge is 0.313 e. The molecule has 2 heteroatoms. The zero-order chi connectivity index (χ0) is 14.0. The van der Waals surface area contributed by atoms with Crippen molar-refractivity contribution in [2.45, 2.75) is 71.9 Å². The molecule has 0 heterocycles. The van der Waals surface area contributed by atoms with E-state index < -0.39 is 0 Å². The fraction of sp³-hybridized carbons (Fsp3) is 1.00. The van der Waals surface area contributed by atoms with Crippen molar-refractivity contribution >= 4 is 0 Å². The summed E-state index contributed by atoms with van der Waals surface area (Å²) >= 11 is 0. The van der Waals surface area contributed by atoms with Gasteiger partial charge in [0.15, 0.2) is 0 Å². The van der Waals surface area contributed by atoms with Gasteiger partial charge in [-0.15, -0.1) is 0 Å². The minimum atomic E-state index is 0.468. The summed E-state index contributed by atoms with van der Waals surface area (Å²) in [6.45, 7) is 11.9. The van der Waals surface area contributed by atoms with E-state index in [4.69, 9.17) is 0 Å². The van der Waals surface area contributed by atoms with Gasteiger partial charge in [-0.05, 0) is 62.9 Å². The molecule has 2 fully saturated rings. The van der Waals surface area contributed by atoms with Crippen LogP contribution in [0.4, 0.5) is 0 Å². The highest BCUT2D eigenvalue weighted by atomic mass is 15.2. The van der Waals surface area contributed by atoms with E-state index in [0.29, 0.717) is 11.5 Å². The normalized spacial score (nSPS) is 32.8. The van der Waals surface area contributed by atoms with Crippen LogP contribution in [-0.4, -0.2) is 37.1 Å². The molecule has 3 atom stereocenters. The predicted octanol–water partition coefficient (Wildman–Crippen LogP) is 3.52. The lowest BCUT2D eigenvalue weighted by Crippen LogP contribution is -2.53. The number of nitrogens with zero attached hydrogens (tertiary/aromatic N) is 1. The van der Waals surface area contributed by atoms with E-state index in [1.54, 1.807) is 0 Å². The first kappa shape index (κ1) is 15.3. The molecule has 2 rings (SSSR count). The monoisotopic (exact) mass is 266 g/mol. The Morgan fingerprint density at radius 1 is 1.11 bits per heavy atom. The average Bonchev–Trinajstić information content (AvgIpc) is 3.12. The first-order valence-corrected chi connectivity index (χ1v) is 8.35. The highest BCUT2D eigenvalue weighted by Crippen LogP contribution is 2.40. The van der Waals surface area contributed by atoms with E-state index in [9.17, 15) is 0 Å². The Bertz CT molecular complexity index is 277. The molecule has 1 N–H and O–H groups in total. The lowest BCUT2D eigenvalue weighted by atomic mass is 9.69. The number of hydrogen-bond donors (Lipinski definition) is 1. The van der Waals surface area contributed by atoms with Gasteiger partial charge < -0.3 is 10.2 Å². The van der Waals surface area contributed by atoms with Crippen molar-refractivity contribution < 1.29 is 0 Å². The summed E-state index contributed by atoms with van der Waals surface area (Å²) in [5.74, 6) is 1.89. The smallest absolute Gasteiger partial charge is 0.0249 e. The molecule has 0 aliphatic heterocycles. The maximum atomic E-state index is 3.74. The quantitative estimate of drug-likeness (QED) is 0.819. The Hall–Kier alpha value is -0.0800. The molecular formula is C17H34N2. The zero-order valence-electron chi connectivity index (χ0n) is 13.7. The standard InChI is InChI=1S/C17H34N2/c1-6-18-15-10-9-14(17(2,3)4)11-16(15)19(5)12-13-7-8-13/h13-16,18H,6-12H2,1-5H3. The fourth-order valence-electron chi connectivity index (χ4n) is 3.76. The summed E-state index contributed by atoms with van der Waals surface area (Å²) in [6, 6.07) is 1.46. The Morgan fingerprint density at radius 3 is 2.32 bits per heavy atom. The summed E-state index contributed by atoms with van der Waals surface area (Å²) in [6.07, 6.45) is 7.06. The molecule has 2 saturated carbocycles. The van der Waals surface area contributed by atoms with E-state index in [-0.39, 0.29) is 0 Å². The van der Waals surface area contributed by atoms with E-state index in [1.165, 1.54) is 38.6 Å². The van der Waals surface area contributed by atoms with Gasteiger partial charge in [-0.25, -0.2) is 0 Å². The summed E-state index contributed by atoms with van der Waals surface area (Å²) < 4.78 is 0. The van der Waals surface area contributed by atoms with E-state index in [2.05, 4.69) is 45.0 Å². The van der Waals surface area contributed by atoms with Crippen LogP contribution >= 0.6 is 0 Å². The van der Waals surface area contributed by atoms with Crippen LogP contribution in [-0.2, 0) is 0 Å². The van der Waals surface area contributed by atoms with Crippen molar-refractivity contribution in [3.05, 3.63) is 0 Å². The Morgan fingerprint density at radius 2 is 1.79 bits per heavy atom. The molecule has 2 aliphatic rings. The maximum absolute atomic E-state index is 3.74. The Kier molecular flexibility index (Phi) is 4.94. The van der Waals surface area contributed by atoms with Gasteiger partial charge in [-0.3, -0.25) is 0 Å². The minimum Gasteiger partial charge on any atom is -0.313 e. The number of nitrogens with one attached hydrogen (secondary N) is 1. The fourth-order valence-corrected chi connectivity index (χ4v) is 3.76. The van der Waals surface area contributed by atoms with Crippen molar-refractivity contribution in [3.8, 4) is 0 Å². The molecule has 0 amide bonds. The number of rotatable bonds is 5. The third-order valence-corrected chi connectivity index (χ3v) is 5.32. The Labute approximate surface area is 120 Å². The van der Waals surface area contributed by atoms with Gasteiger partial charge >= 0.3 is 0 Å². The predicted molar refractivity (Wildman–Crippen MR) is 83.4 cm³/mol. The lowest BCUT2D eigenvalue weighted by Gasteiger charge is -2.45. The number of likely N-dealkylation sites (N-methyl/N-ethyl adjacent to an activating group) is 2. The maximum Gasteiger partial charge on any atom is 0.0249 e. The van der Waals surface area contributed by atoms with Crippen LogP contribution in [0.2, 0.25) is 0 Å². The third-order valence-electron chi connectivity index (χ3n) is 5.32. The second-order valence-electron chi connectivity index (χ2n) is 7.99. The highest BCUT2D eigenvalue weighted by molar-refractivity contribution is 4.94. The van der Waals surface area contributed by atoms with E-state index in [1.807, 2.05) is 0 Å². The topological polar surface area (TPSA) is 15.3 Å². The molecule has 0 spiro atoms. The van der Waals surface area contributed by atoms with Crippen LogP contribution in [0.25, 0.3) is 0 Å². The molecule has 0 bridgehead atoms. The van der Waals surface area contributed by atoms with Crippen molar-refractivity contribution in [2.24, 2.45) is 17.3 Å². The molecule has 3 unspecified atom stereocenters. The first-order chi connectivity index (χ1) is 8.91. The molecule has 0 aromatic heterocycles. The molecule has 2 nitrogen and oxygen atoms in total. The van der Waals surface area contributed by atoms with Gasteiger partial charge in [0.05, 0.1) is 0 Å². The molecule has 0 saturated heterocycles. The lowest BCUT2D eigenvalue weighted by molar-refractivity contribution is 0.0706. The second-order valence-corrected chi connectivity index (χ2v) is 7.99. The van der Waals surface area contributed by atoms with Crippen LogP contribution in [0.15, 0.2) is 0 Å². The van der Waals surface area contributed by atoms with Gasteiger partial charge in [0.1, 0.15) is 0 Å². The summed E-state index contributed by atoms with van der Waals surface area (Å²) in [4.78, 5) is 2.67. The van der Waals surface area contributed by atoms with Crippen LogP contribution in [0.3, 0.4) is 0 Å². The molecule has 0 aromatic carbocycles. The summed E-state index contributed by atoms with van der Waals surface area (Å²) in [5.41, 5.74) is 0.468. The molecule has 0 aromatic rings. The summed E-state index contributed by atoms with van der Waals surface area (Å²) in [5, 5.41) is 3.74. The molecule has 0 radical (unpaired) electrons. The van der Waals surface area contributed by atoms with Gasteiger partial charge in [0, 0.05) is 18.6 Å². The van der Waals surface area contributed by atoms with Crippen LogP contribution in [0, 0.1) is 17.3 Å². The van der Waals surface area contributed by atoms with Gasteiger partial charge in [-0.1, -0.05) is 27.7 Å². The highest BCUT2D eigenvalue weighted by Gasteiger charge is 2.38. The van der Waals surface area contributed by atoms with Gasteiger partial charge in [0.25, 0.3) is 0 Å². The van der Waals surface area contributed by atoms with Gasteiger partial charge in [-0.2, -0.15) is 0 Å². The van der Waals surface area contributed by atoms with Gasteiger partial charge in [0.2, 0.25) is 0 Å². The SMILES string of the molecule is CCNC1CCC(C(C)(C)C)CC1N(C)CC1CC1. The van der Waals surface area contributed by atoms with E-state index in [0.717, 1.165) is 24.4 Å². The van der Waals surface area contributed by atoms with Crippen molar-refractivity contribution in [3.63, 3.8) is 0 Å². The summed E-state index contributed by atoms with van der Waals surface area (Å²) in [7, 11) is 2.36. The van der Waals surface area contributed by atoms with Crippen molar-refractivity contribution in [1.82, 2.24) is 10.2 Å². The van der Waals surface area contributed by atoms with Crippen LogP contribution in [0.5, 0.6) is 0 Å². The zero-order valence-corrected chi connectivity index (χ0v) is 13.7. The third kappa shape index (κ3) is 4.19. The van der Waals surface area contributed by atoms with E-state index >= 15 is 0 Å². The minimum absolute atomic E-state index is 0.468. The number of hydrogen-bond acceptors (Lipinski definition) is 2. The Balaban J connectivity index is 1.98. The molecule has 19 heavy (non-hydrogen) atoms. The van der Waals surface area contributed by atoms with Crippen LogP contribution < -0.4 is 5.32 Å². The van der Waals surface area contributed by atoms with Crippen LogP contribution in [0.1, 0.15) is 59.8 Å². The molecule has 112 valence electrons. The van der Waals surface area contributed by atoms with Crippen molar-refractivity contribution in [2.75, 3.05) is 20.1 Å². The molecule has 2 aliphatic carbocycles. The molecular weight excluding hydrogens is 232 g/mol.